The molecule has 0 aromatic heterocycles. The molecule has 2 aliphatic carbocycles. The van der Waals surface area contributed by atoms with Gasteiger partial charge in [-0.05, 0) is 80.5 Å². The van der Waals surface area contributed by atoms with Crippen LogP contribution in [0.25, 0.3) is 0 Å². The van der Waals surface area contributed by atoms with Gasteiger partial charge in [0.1, 0.15) is 13.2 Å². The highest BCUT2D eigenvalue weighted by Crippen LogP contribution is 2.35. The van der Waals surface area contributed by atoms with Crippen molar-refractivity contribution in [2.24, 2.45) is 33.5 Å². The smallest absolute Gasteiger partial charge is 0.407 e. The second-order valence-electron chi connectivity index (χ2n) is 17.5. The first-order valence-electron chi connectivity index (χ1n) is 16.8. The monoisotopic (exact) mass is 610 g/mol. The van der Waals surface area contributed by atoms with Gasteiger partial charge in [0.25, 0.3) is 0 Å². The van der Waals surface area contributed by atoms with Crippen LogP contribution in [0.15, 0.2) is 0 Å². The SMILES string of the molecule is CC(C)(C)COCC(C)(C)COC(=O)NC1CCC(CC2CCC(NC(=O)OCC(C)(C)COCC(C)(C)C)CC2)CC1. The minimum absolute atomic E-state index is 0.124. The summed E-state index contributed by atoms with van der Waals surface area (Å²) in [5, 5.41) is 6.19. The summed E-state index contributed by atoms with van der Waals surface area (Å²) in [6, 6.07) is 0.398. The molecule has 0 radical (unpaired) electrons. The molecular formula is C35H66N2O6. The van der Waals surface area contributed by atoms with Gasteiger partial charge < -0.3 is 29.6 Å². The quantitative estimate of drug-likeness (QED) is 0.206. The number of ether oxygens (including phenoxy) is 4. The van der Waals surface area contributed by atoms with E-state index in [1.807, 2.05) is 0 Å². The molecule has 8 heteroatoms. The number of hydrogen-bond donors (Lipinski definition) is 2. The number of carbonyl (C=O) groups is 2. The Kier molecular flexibility index (Phi) is 14.6. The van der Waals surface area contributed by atoms with Crippen molar-refractivity contribution in [1.29, 1.82) is 0 Å². The standard InChI is InChI=1S/C35H66N2O6/c1-32(2,3)20-40-22-34(7,8)24-42-30(38)36-28-15-11-26(12-16-28)19-27-13-17-29(18-14-27)37-31(39)43-25-35(9,10)23-41-21-33(4,5)6/h26-29H,11-25H2,1-10H3,(H,36,38)(H,37,39). The molecule has 2 saturated carbocycles. The van der Waals surface area contributed by atoms with Crippen molar-refractivity contribution in [3.05, 3.63) is 0 Å². The van der Waals surface area contributed by atoms with Crippen LogP contribution >= 0.6 is 0 Å². The maximum Gasteiger partial charge on any atom is 0.407 e. The van der Waals surface area contributed by atoms with E-state index < -0.39 is 0 Å². The molecule has 2 fully saturated rings. The fraction of sp³-hybridized carbons (Fsp3) is 0.943. The van der Waals surface area contributed by atoms with Crippen molar-refractivity contribution in [2.45, 2.75) is 139 Å². The molecule has 2 aliphatic rings. The van der Waals surface area contributed by atoms with Crippen molar-refractivity contribution in [3.8, 4) is 0 Å². The van der Waals surface area contributed by atoms with Gasteiger partial charge in [0, 0.05) is 22.9 Å². The Morgan fingerprint density at radius 3 is 1.14 bits per heavy atom. The third-order valence-electron chi connectivity index (χ3n) is 8.25. The van der Waals surface area contributed by atoms with E-state index in [2.05, 4.69) is 79.9 Å². The van der Waals surface area contributed by atoms with E-state index in [4.69, 9.17) is 18.9 Å². The summed E-state index contributed by atoms with van der Waals surface area (Å²) in [7, 11) is 0. The first-order valence-corrected chi connectivity index (χ1v) is 16.8. The largest absolute Gasteiger partial charge is 0.449 e. The first kappa shape index (κ1) is 37.6. The van der Waals surface area contributed by atoms with Crippen LogP contribution in [0, 0.1) is 33.5 Å². The summed E-state index contributed by atoms with van der Waals surface area (Å²) in [5.74, 6) is 1.44. The molecule has 0 aromatic carbocycles. The van der Waals surface area contributed by atoms with Gasteiger partial charge >= 0.3 is 12.2 Å². The molecule has 0 bridgehead atoms. The molecule has 0 unspecified atom stereocenters. The molecule has 2 amide bonds. The van der Waals surface area contributed by atoms with Crippen LogP contribution < -0.4 is 10.6 Å². The molecule has 0 spiro atoms. The summed E-state index contributed by atoms with van der Waals surface area (Å²) < 4.78 is 22.8. The molecule has 2 N–H and O–H groups in total. The van der Waals surface area contributed by atoms with Crippen LogP contribution in [0.1, 0.15) is 127 Å². The third-order valence-corrected chi connectivity index (χ3v) is 8.25. The molecule has 0 heterocycles. The van der Waals surface area contributed by atoms with Crippen molar-refractivity contribution in [3.63, 3.8) is 0 Å². The fourth-order valence-electron chi connectivity index (χ4n) is 5.85. The Hall–Kier alpha value is -1.54. The zero-order valence-electron chi connectivity index (χ0n) is 29.4. The number of carbonyl (C=O) groups excluding carboxylic acids is 2. The molecule has 8 nitrogen and oxygen atoms in total. The van der Waals surface area contributed by atoms with Crippen LogP contribution in [-0.2, 0) is 18.9 Å². The molecule has 2 rings (SSSR count). The summed E-state index contributed by atoms with van der Waals surface area (Å²) in [6.07, 6.45) is 9.27. The lowest BCUT2D eigenvalue weighted by Gasteiger charge is -2.34. The number of rotatable bonds is 14. The van der Waals surface area contributed by atoms with Crippen molar-refractivity contribution in [2.75, 3.05) is 39.6 Å². The minimum atomic E-state index is -0.311. The van der Waals surface area contributed by atoms with E-state index in [0.717, 1.165) is 63.2 Å². The highest BCUT2D eigenvalue weighted by Gasteiger charge is 2.30. The predicted octanol–water partition coefficient (Wildman–Crippen LogP) is 8.12. The lowest BCUT2D eigenvalue weighted by molar-refractivity contribution is -0.00652. The average Bonchev–Trinajstić information content (AvgIpc) is 2.87. The predicted molar refractivity (Wildman–Crippen MR) is 173 cm³/mol. The topological polar surface area (TPSA) is 95.1 Å². The summed E-state index contributed by atoms with van der Waals surface area (Å²) in [4.78, 5) is 24.9. The Morgan fingerprint density at radius 2 is 0.837 bits per heavy atom. The second kappa shape index (κ2) is 16.7. The third kappa shape index (κ3) is 17.5. The lowest BCUT2D eigenvalue weighted by atomic mass is 9.76. The van der Waals surface area contributed by atoms with Crippen LogP contribution in [0.3, 0.4) is 0 Å². The molecule has 0 saturated heterocycles. The minimum Gasteiger partial charge on any atom is -0.449 e. The van der Waals surface area contributed by atoms with E-state index >= 15 is 0 Å². The molecule has 0 atom stereocenters. The molecule has 0 aromatic rings. The van der Waals surface area contributed by atoms with Crippen LogP contribution in [0.5, 0.6) is 0 Å². The van der Waals surface area contributed by atoms with E-state index in [1.165, 1.54) is 6.42 Å². The molecule has 252 valence electrons. The Morgan fingerprint density at radius 1 is 0.512 bits per heavy atom. The van der Waals surface area contributed by atoms with Crippen LogP contribution in [-0.4, -0.2) is 63.9 Å². The normalized spacial score (nSPS) is 23.9. The number of hydrogen-bond acceptors (Lipinski definition) is 6. The first-order chi connectivity index (χ1) is 19.8. The Labute approximate surface area is 263 Å². The molecular weight excluding hydrogens is 544 g/mol. The summed E-state index contributed by atoms with van der Waals surface area (Å²) in [5.41, 5.74) is -0.181. The summed E-state index contributed by atoms with van der Waals surface area (Å²) in [6.45, 7) is 24.4. The van der Waals surface area contributed by atoms with E-state index in [0.29, 0.717) is 39.6 Å². The number of amides is 2. The Bertz CT molecular complexity index is 760. The van der Waals surface area contributed by atoms with Gasteiger partial charge in [-0.1, -0.05) is 69.2 Å². The number of alkyl carbamates (subject to hydrolysis) is 2. The highest BCUT2D eigenvalue weighted by atomic mass is 16.6. The van der Waals surface area contributed by atoms with E-state index in [1.54, 1.807) is 0 Å². The van der Waals surface area contributed by atoms with E-state index in [-0.39, 0.29) is 45.9 Å². The van der Waals surface area contributed by atoms with Crippen molar-refractivity contribution >= 4 is 12.2 Å². The zero-order valence-corrected chi connectivity index (χ0v) is 29.4. The maximum absolute atomic E-state index is 12.4. The zero-order chi connectivity index (χ0) is 32.3. The highest BCUT2D eigenvalue weighted by molar-refractivity contribution is 5.68. The van der Waals surface area contributed by atoms with Gasteiger partial charge in [-0.2, -0.15) is 0 Å². The maximum atomic E-state index is 12.4. The molecule has 43 heavy (non-hydrogen) atoms. The average molecular weight is 611 g/mol. The van der Waals surface area contributed by atoms with Gasteiger partial charge in [0.2, 0.25) is 0 Å². The van der Waals surface area contributed by atoms with Crippen molar-refractivity contribution < 1.29 is 28.5 Å². The van der Waals surface area contributed by atoms with Crippen LogP contribution in [0.2, 0.25) is 0 Å². The fourth-order valence-corrected chi connectivity index (χ4v) is 5.85. The molecule has 0 aliphatic heterocycles. The van der Waals surface area contributed by atoms with E-state index in [9.17, 15) is 9.59 Å². The van der Waals surface area contributed by atoms with Gasteiger partial charge in [-0.3, -0.25) is 0 Å². The summed E-state index contributed by atoms with van der Waals surface area (Å²) >= 11 is 0. The van der Waals surface area contributed by atoms with Gasteiger partial charge in [-0.25, -0.2) is 9.59 Å². The van der Waals surface area contributed by atoms with Gasteiger partial charge in [-0.15, -0.1) is 0 Å². The lowest BCUT2D eigenvalue weighted by Crippen LogP contribution is -2.41. The Balaban J connectivity index is 1.57. The second-order valence-corrected chi connectivity index (χ2v) is 17.5. The van der Waals surface area contributed by atoms with Crippen LogP contribution in [0.4, 0.5) is 9.59 Å². The van der Waals surface area contributed by atoms with Gasteiger partial charge in [0.05, 0.1) is 26.4 Å². The number of nitrogens with one attached hydrogen (secondary N) is 2. The van der Waals surface area contributed by atoms with Crippen molar-refractivity contribution in [1.82, 2.24) is 10.6 Å². The van der Waals surface area contributed by atoms with Gasteiger partial charge in [0.15, 0.2) is 0 Å².